The van der Waals surface area contributed by atoms with Crippen molar-refractivity contribution in [3.8, 4) is 0 Å². The van der Waals surface area contributed by atoms with Crippen LogP contribution in [-0.2, 0) is 17.8 Å². The van der Waals surface area contributed by atoms with Gasteiger partial charge in [0.2, 0.25) is 0 Å². The predicted molar refractivity (Wildman–Crippen MR) is 39.8 cm³/mol. The lowest BCUT2D eigenvalue weighted by Crippen LogP contribution is -2.08. The van der Waals surface area contributed by atoms with Gasteiger partial charge in [0.15, 0.2) is 0 Å². The average molecular weight is 135 g/mol. The lowest BCUT2D eigenvalue weighted by atomic mass is 10.0. The van der Waals surface area contributed by atoms with Crippen LogP contribution in [0.15, 0.2) is 24.2 Å². The summed E-state index contributed by atoms with van der Waals surface area (Å²) in [5.41, 5.74) is 2.52. The molecule has 0 saturated heterocycles. The summed E-state index contributed by atoms with van der Waals surface area (Å²) < 4.78 is 12.7. The quantitative estimate of drug-likeness (QED) is 0.526. The van der Waals surface area contributed by atoms with Crippen molar-refractivity contribution in [1.29, 1.82) is 0 Å². The van der Waals surface area contributed by atoms with Crippen molar-refractivity contribution in [3.05, 3.63) is 35.4 Å². The van der Waals surface area contributed by atoms with E-state index < -0.39 is 0 Å². The van der Waals surface area contributed by atoms with Gasteiger partial charge < -0.3 is 4.74 Å². The molecular weight excluding hydrogens is 124 g/mol. The van der Waals surface area contributed by atoms with Gasteiger partial charge in [-0.3, -0.25) is 0 Å². The van der Waals surface area contributed by atoms with Crippen LogP contribution in [0.2, 0.25) is 0 Å². The Labute approximate surface area is 62.0 Å². The van der Waals surface area contributed by atoms with E-state index in [4.69, 9.17) is 6.11 Å². The van der Waals surface area contributed by atoms with Gasteiger partial charge in [0.1, 0.15) is 0 Å². The minimum Gasteiger partial charge on any atom is -0.376 e. The second kappa shape index (κ2) is 2.43. The van der Waals surface area contributed by atoms with Gasteiger partial charge in [-0.15, -0.1) is 0 Å². The number of ether oxygens (including phenoxy) is 1. The molecule has 0 radical (unpaired) electrons. The molecule has 0 bridgehead atoms. The SMILES string of the molecule is [2H]c1ccc2c(c1)CCOC2. The van der Waals surface area contributed by atoms with E-state index in [0.29, 0.717) is 6.04 Å². The van der Waals surface area contributed by atoms with Crippen molar-refractivity contribution in [2.45, 2.75) is 13.0 Å². The minimum atomic E-state index is 0.602. The van der Waals surface area contributed by atoms with Gasteiger partial charge in [0.25, 0.3) is 0 Å². The first-order chi connectivity index (χ1) is 5.36. The van der Waals surface area contributed by atoms with Crippen LogP contribution in [0.5, 0.6) is 0 Å². The molecule has 0 atom stereocenters. The fraction of sp³-hybridized carbons (Fsp3) is 0.333. The van der Waals surface area contributed by atoms with Crippen LogP contribution in [0.25, 0.3) is 0 Å². The molecule has 0 N–H and O–H groups in total. The van der Waals surface area contributed by atoms with Crippen molar-refractivity contribution in [2.75, 3.05) is 6.61 Å². The normalized spacial score (nSPS) is 17.8. The highest BCUT2D eigenvalue weighted by atomic mass is 16.5. The molecule has 1 aromatic rings. The number of hydrogen-bond donors (Lipinski definition) is 0. The Balaban J connectivity index is 2.43. The molecule has 0 aromatic heterocycles. The molecule has 1 aliphatic heterocycles. The zero-order chi connectivity index (χ0) is 7.68. The molecule has 10 heavy (non-hydrogen) atoms. The molecule has 0 saturated carbocycles. The van der Waals surface area contributed by atoms with Crippen LogP contribution >= 0.6 is 0 Å². The van der Waals surface area contributed by atoms with E-state index in [1.165, 1.54) is 11.1 Å². The number of rotatable bonds is 0. The highest BCUT2D eigenvalue weighted by molar-refractivity contribution is 5.27. The zero-order valence-electron chi connectivity index (χ0n) is 6.76. The Morgan fingerprint density at radius 3 is 3.40 bits per heavy atom. The third-order valence-corrected chi connectivity index (χ3v) is 1.82. The summed E-state index contributed by atoms with van der Waals surface area (Å²) >= 11 is 0. The highest BCUT2D eigenvalue weighted by Gasteiger charge is 2.06. The summed E-state index contributed by atoms with van der Waals surface area (Å²) in [4.78, 5) is 0. The van der Waals surface area contributed by atoms with Gasteiger partial charge in [-0.1, -0.05) is 24.2 Å². The first kappa shape index (κ1) is 4.91. The third kappa shape index (κ3) is 0.929. The number of hydrogen-bond acceptors (Lipinski definition) is 1. The lowest BCUT2D eigenvalue weighted by Gasteiger charge is -2.14. The third-order valence-electron chi connectivity index (χ3n) is 1.82. The lowest BCUT2D eigenvalue weighted by molar-refractivity contribution is 0.111. The van der Waals surface area contributed by atoms with Crippen LogP contribution < -0.4 is 0 Å². The van der Waals surface area contributed by atoms with E-state index >= 15 is 0 Å². The molecule has 1 nitrogen and oxygen atoms in total. The van der Waals surface area contributed by atoms with E-state index in [0.717, 1.165) is 19.6 Å². The van der Waals surface area contributed by atoms with Crippen molar-refractivity contribution in [1.82, 2.24) is 0 Å². The van der Waals surface area contributed by atoms with E-state index in [2.05, 4.69) is 0 Å². The highest BCUT2D eigenvalue weighted by Crippen LogP contribution is 2.14. The zero-order valence-corrected chi connectivity index (χ0v) is 5.76. The molecule has 0 unspecified atom stereocenters. The fourth-order valence-corrected chi connectivity index (χ4v) is 1.23. The van der Waals surface area contributed by atoms with E-state index in [9.17, 15) is 0 Å². The molecular formula is C9H10O. The molecule has 0 aliphatic carbocycles. The summed E-state index contributed by atoms with van der Waals surface area (Å²) in [5.74, 6) is 0. The second-order valence-electron chi connectivity index (χ2n) is 2.50. The van der Waals surface area contributed by atoms with Gasteiger partial charge in [0.05, 0.1) is 14.6 Å². The molecule has 0 spiro atoms. The first-order valence-corrected chi connectivity index (χ1v) is 3.52. The summed E-state index contributed by atoms with van der Waals surface area (Å²) in [6.07, 6.45) is 0.960. The Kier molecular flexibility index (Phi) is 1.19. The fourth-order valence-electron chi connectivity index (χ4n) is 1.23. The maximum Gasteiger partial charge on any atom is 0.0719 e. The largest absolute Gasteiger partial charge is 0.376 e. The molecule has 1 aromatic carbocycles. The maximum atomic E-state index is 7.39. The molecule has 1 aliphatic rings. The van der Waals surface area contributed by atoms with Crippen molar-refractivity contribution >= 4 is 0 Å². The first-order valence-electron chi connectivity index (χ1n) is 4.02. The van der Waals surface area contributed by atoms with Gasteiger partial charge in [0, 0.05) is 0 Å². The summed E-state index contributed by atoms with van der Waals surface area (Å²) in [6, 6.07) is 6.33. The maximum absolute atomic E-state index is 7.39. The van der Waals surface area contributed by atoms with E-state index in [1.807, 2.05) is 18.2 Å². The molecule has 52 valence electrons. The Morgan fingerprint density at radius 2 is 2.40 bits per heavy atom. The molecule has 2 rings (SSSR count). The summed E-state index contributed by atoms with van der Waals surface area (Å²) in [7, 11) is 0. The summed E-state index contributed by atoms with van der Waals surface area (Å²) in [6.45, 7) is 1.52. The van der Waals surface area contributed by atoms with Crippen LogP contribution in [0.3, 0.4) is 0 Å². The van der Waals surface area contributed by atoms with Gasteiger partial charge >= 0.3 is 0 Å². The van der Waals surface area contributed by atoms with Crippen LogP contribution in [-0.4, -0.2) is 6.61 Å². The van der Waals surface area contributed by atoms with Crippen LogP contribution in [0.1, 0.15) is 12.5 Å². The standard InChI is InChI=1S/C9H10O/c1-2-4-9-7-10-6-5-8(9)3-1/h1-4H,5-7H2/i1D. The second-order valence-corrected chi connectivity index (χ2v) is 2.50. The van der Waals surface area contributed by atoms with Gasteiger partial charge in [-0.25, -0.2) is 0 Å². The van der Waals surface area contributed by atoms with Gasteiger partial charge in [-0.2, -0.15) is 0 Å². The predicted octanol–water partition coefficient (Wildman–Crippen LogP) is 1.76. The minimum absolute atomic E-state index is 0.602. The molecule has 0 fully saturated rings. The number of fused-ring (bicyclic) bond motifs is 1. The Morgan fingerprint density at radius 1 is 1.40 bits per heavy atom. The average Bonchev–Trinajstić information content (AvgIpc) is 2.04. The smallest absolute Gasteiger partial charge is 0.0719 e. The van der Waals surface area contributed by atoms with Crippen LogP contribution in [0.4, 0.5) is 0 Å². The van der Waals surface area contributed by atoms with Crippen molar-refractivity contribution < 1.29 is 6.11 Å². The Hall–Kier alpha value is -0.820. The van der Waals surface area contributed by atoms with Crippen LogP contribution in [0, 0.1) is 0 Å². The van der Waals surface area contributed by atoms with Crippen molar-refractivity contribution in [3.63, 3.8) is 0 Å². The Bertz CT molecular complexity index is 270. The van der Waals surface area contributed by atoms with Crippen molar-refractivity contribution in [2.24, 2.45) is 0 Å². The molecule has 1 heterocycles. The monoisotopic (exact) mass is 135 g/mol. The number of benzene rings is 1. The topological polar surface area (TPSA) is 9.23 Å². The summed E-state index contributed by atoms with van der Waals surface area (Å²) in [5, 5.41) is 0. The molecule has 1 heteroatoms. The van der Waals surface area contributed by atoms with E-state index in [-0.39, 0.29) is 0 Å². The van der Waals surface area contributed by atoms with Gasteiger partial charge in [-0.05, 0) is 17.5 Å². The van der Waals surface area contributed by atoms with E-state index in [1.54, 1.807) is 0 Å². The molecule has 0 amide bonds.